The first kappa shape index (κ1) is 17.6. The number of quaternary nitrogens is 1. The highest BCUT2D eigenvalue weighted by Crippen LogP contribution is 2.21. The summed E-state index contributed by atoms with van der Waals surface area (Å²) < 4.78 is 34.9. The third-order valence-corrected chi connectivity index (χ3v) is 2.88. The molecule has 0 aliphatic rings. The summed E-state index contributed by atoms with van der Waals surface area (Å²) in [6.07, 6.45) is 0. The third-order valence-electron chi connectivity index (χ3n) is 2.88. The fourth-order valence-corrected chi connectivity index (χ4v) is 1.96. The Labute approximate surface area is 126 Å². The molecule has 0 heterocycles. The third kappa shape index (κ3) is 7.77. The van der Waals surface area contributed by atoms with E-state index in [0.29, 0.717) is 0 Å². The van der Waals surface area contributed by atoms with Gasteiger partial charge in [-0.25, -0.2) is 18.6 Å². The molecule has 0 bridgehead atoms. The Hall–Kier alpha value is -1.47. The van der Waals surface area contributed by atoms with Crippen LogP contribution in [0.25, 0.3) is 0 Å². The molecule has 2 aromatic rings. The fraction of sp³-hybridized carbons (Fsp3) is 0.200. The average Bonchev–Trinajstić information content (AvgIpc) is 2.38. The maximum Gasteiger partial charge on any atom is 0.132 e. The van der Waals surface area contributed by atoms with E-state index in [1.165, 1.54) is 11.3 Å². The first-order valence-corrected chi connectivity index (χ1v) is 7.46. The number of nitrogens with zero attached hydrogens (tertiary/aromatic N) is 1. The molecule has 21 heavy (non-hydrogen) atoms. The zero-order chi connectivity index (χ0) is 15.9. The number of rotatable bonds is 3. The lowest BCUT2D eigenvalue weighted by Crippen LogP contribution is -2.68. The molecule has 0 atom stereocenters. The van der Waals surface area contributed by atoms with Crippen molar-refractivity contribution in [1.82, 2.24) is 4.48 Å². The second-order valence-corrected chi connectivity index (χ2v) is 5.80. The Morgan fingerprint density at radius 1 is 0.762 bits per heavy atom. The molecule has 0 spiro atoms. The smallest absolute Gasteiger partial charge is 0.132 e. The van der Waals surface area contributed by atoms with Gasteiger partial charge in [0.05, 0.1) is 14.1 Å². The highest BCUT2D eigenvalue weighted by molar-refractivity contribution is 5.41. The largest absolute Gasteiger partial charge is 0.292 e. The Morgan fingerprint density at radius 3 is 1.57 bits per heavy atom. The van der Waals surface area contributed by atoms with Crippen LogP contribution in [-0.4, -0.2) is 14.1 Å². The quantitative estimate of drug-likeness (QED) is 0.659. The van der Waals surface area contributed by atoms with Crippen LogP contribution < -0.4 is 23.1 Å². The van der Waals surface area contributed by atoms with Gasteiger partial charge >= 0.3 is 0 Å². The predicted octanol–water partition coefficient (Wildman–Crippen LogP) is -1.30. The summed E-state index contributed by atoms with van der Waals surface area (Å²) in [6, 6.07) is 21.2. The number of hydrogen-bond donors (Lipinski definition) is 0. The van der Waals surface area contributed by atoms with E-state index >= 15 is 0 Å². The van der Waals surface area contributed by atoms with Crippen molar-refractivity contribution in [3.05, 3.63) is 66.2 Å². The molecule has 0 aromatic heterocycles. The Balaban J connectivity index is 0.000000383. The van der Waals surface area contributed by atoms with Gasteiger partial charge in [-0.15, -0.1) is 10.2 Å². The molecule has 2 rings (SSSR count). The van der Waals surface area contributed by atoms with Crippen LogP contribution in [0.4, 0.5) is 5.69 Å². The zero-order valence-electron chi connectivity index (χ0n) is 11.9. The molecule has 0 saturated heterocycles. The van der Waals surface area contributed by atoms with Crippen LogP contribution in [-0.2, 0) is 6.54 Å². The van der Waals surface area contributed by atoms with Gasteiger partial charge in [-0.05, 0) is 12.1 Å². The normalized spacial score (nSPS) is 11.5. The molecule has 0 amide bonds. The van der Waals surface area contributed by atoms with Crippen LogP contribution >= 0.6 is 0 Å². The van der Waals surface area contributed by atoms with Crippen LogP contribution in [0.2, 0.25) is 0 Å². The summed E-state index contributed by atoms with van der Waals surface area (Å²) in [7, 11) is -0.468. The lowest BCUT2D eigenvalue weighted by Gasteiger charge is -2.29. The van der Waals surface area contributed by atoms with E-state index in [4.69, 9.17) is 18.6 Å². The molecule has 2 aromatic carbocycles. The monoisotopic (exact) mass is 311 g/mol. The minimum absolute atomic E-state index is 0.880. The Morgan fingerprint density at radius 2 is 1.14 bits per heavy atom. The van der Waals surface area contributed by atoms with Crippen LogP contribution in [0.1, 0.15) is 5.56 Å². The Kier molecular flexibility index (Phi) is 6.29. The molecule has 0 fully saturated rings. The van der Waals surface area contributed by atoms with Crippen molar-refractivity contribution >= 4 is 5.69 Å². The zero-order valence-corrected chi connectivity index (χ0v) is 12.7. The van der Waals surface area contributed by atoms with Crippen LogP contribution in [0.5, 0.6) is 0 Å². The maximum absolute atomic E-state index is 8.49. The maximum atomic E-state index is 8.49. The van der Waals surface area contributed by atoms with E-state index < -0.39 is 10.2 Å². The summed E-state index contributed by atoms with van der Waals surface area (Å²) in [6.45, 7) is 1.02. The van der Waals surface area contributed by atoms with Crippen molar-refractivity contribution in [2.45, 2.75) is 6.54 Å². The van der Waals surface area contributed by atoms with Gasteiger partial charge < -0.3 is 0 Å². The molecule has 6 heteroatoms. The molecule has 0 aliphatic heterocycles. The van der Waals surface area contributed by atoms with Crippen LogP contribution in [0.3, 0.4) is 0 Å². The van der Waals surface area contributed by atoms with Gasteiger partial charge in [0.2, 0.25) is 0 Å². The van der Waals surface area contributed by atoms with Gasteiger partial charge in [0.1, 0.15) is 12.2 Å². The minimum atomic E-state index is -4.94. The van der Waals surface area contributed by atoms with Gasteiger partial charge in [-0.3, -0.25) is 4.48 Å². The van der Waals surface area contributed by atoms with E-state index in [9.17, 15) is 0 Å². The summed E-state index contributed by atoms with van der Waals surface area (Å²) in [5, 5.41) is 0. The summed E-state index contributed by atoms with van der Waals surface area (Å²) in [4.78, 5) is 0. The summed E-state index contributed by atoms with van der Waals surface area (Å²) in [5.74, 6) is 0. The van der Waals surface area contributed by atoms with Gasteiger partial charge in [0.15, 0.2) is 0 Å². The van der Waals surface area contributed by atoms with Crippen molar-refractivity contribution < 1.29 is 28.9 Å². The van der Waals surface area contributed by atoms with E-state index in [-0.39, 0.29) is 0 Å². The molecular weight excluding hydrogens is 294 g/mol. The highest BCUT2D eigenvalue weighted by atomic mass is 35.7. The van der Waals surface area contributed by atoms with Crippen molar-refractivity contribution in [3.63, 3.8) is 0 Å². The number of benzene rings is 2. The minimum Gasteiger partial charge on any atom is -0.292 e. The molecule has 114 valence electrons. The molecule has 5 nitrogen and oxygen atoms in total. The van der Waals surface area contributed by atoms with Gasteiger partial charge in [-0.2, -0.15) is 0 Å². The fourth-order valence-electron chi connectivity index (χ4n) is 1.96. The lowest BCUT2D eigenvalue weighted by molar-refractivity contribution is -2.00. The van der Waals surface area contributed by atoms with Crippen LogP contribution in [0.15, 0.2) is 60.7 Å². The number of halogens is 1. The van der Waals surface area contributed by atoms with E-state index in [2.05, 4.69) is 74.8 Å². The van der Waals surface area contributed by atoms with E-state index in [1.807, 2.05) is 0 Å². The first-order chi connectivity index (χ1) is 9.68. The van der Waals surface area contributed by atoms with Gasteiger partial charge in [0, 0.05) is 5.56 Å². The molecule has 0 aliphatic carbocycles. The van der Waals surface area contributed by atoms with Gasteiger partial charge in [-0.1, -0.05) is 48.5 Å². The highest BCUT2D eigenvalue weighted by Gasteiger charge is 2.18. The van der Waals surface area contributed by atoms with Crippen molar-refractivity contribution in [1.29, 1.82) is 0 Å². The van der Waals surface area contributed by atoms with Crippen molar-refractivity contribution in [2.75, 3.05) is 14.1 Å². The molecule has 0 unspecified atom stereocenters. The molecule has 0 saturated carbocycles. The average molecular weight is 312 g/mol. The summed E-state index contributed by atoms with van der Waals surface area (Å²) in [5.41, 5.74) is 2.71. The molecule has 0 radical (unpaired) electrons. The molecule has 0 N–H and O–H groups in total. The number of para-hydroxylation sites is 1. The van der Waals surface area contributed by atoms with E-state index in [0.717, 1.165) is 11.0 Å². The Bertz CT molecular complexity index is 520. The molecular formula is C15H18ClNO4. The second kappa shape index (κ2) is 7.51. The SMILES string of the molecule is C[N+](C)(Cc1ccccc1)c1ccccc1.[O-][Cl+3]([O-])([O-])[O-]. The standard InChI is InChI=1S/C15H18N.ClHO4/c1-16(2,15-11-7-4-8-12-15)13-14-9-5-3-6-10-14;2-1(3,4)5/h3-12H,13H2,1-2H3;(H,2,3,4,5)/q+1;/p-1. The lowest BCUT2D eigenvalue weighted by atomic mass is 10.2. The van der Waals surface area contributed by atoms with Crippen molar-refractivity contribution in [3.8, 4) is 0 Å². The topological polar surface area (TPSA) is 92.2 Å². The predicted molar refractivity (Wildman–Crippen MR) is 70.2 cm³/mol. The van der Waals surface area contributed by atoms with Crippen LogP contribution in [0, 0.1) is 10.2 Å². The van der Waals surface area contributed by atoms with E-state index in [1.54, 1.807) is 0 Å². The second-order valence-electron chi connectivity index (χ2n) is 5.04. The van der Waals surface area contributed by atoms with Crippen molar-refractivity contribution in [2.24, 2.45) is 0 Å². The number of hydrogen-bond acceptors (Lipinski definition) is 4. The summed E-state index contributed by atoms with van der Waals surface area (Å²) >= 11 is 0. The van der Waals surface area contributed by atoms with Gasteiger partial charge in [0.25, 0.3) is 0 Å². The first-order valence-electron chi connectivity index (χ1n) is 6.23.